The van der Waals surface area contributed by atoms with Gasteiger partial charge in [0.1, 0.15) is 5.75 Å². The summed E-state index contributed by atoms with van der Waals surface area (Å²) >= 11 is 0. The predicted octanol–water partition coefficient (Wildman–Crippen LogP) is 2.25. The molecule has 5 nitrogen and oxygen atoms in total. The molecule has 8 heteroatoms. The number of phenols is 1. The van der Waals surface area contributed by atoms with Crippen LogP contribution in [0.1, 0.15) is 30.1 Å². The van der Waals surface area contributed by atoms with Gasteiger partial charge in [0.05, 0.1) is 0 Å². The summed E-state index contributed by atoms with van der Waals surface area (Å²) in [6.45, 7) is 1.58. The van der Waals surface area contributed by atoms with Crippen molar-refractivity contribution < 1.29 is 28.2 Å². The van der Waals surface area contributed by atoms with Crippen LogP contribution in [0.2, 0.25) is 0 Å². The molecule has 0 saturated heterocycles. The van der Waals surface area contributed by atoms with Crippen LogP contribution >= 0.6 is 0 Å². The van der Waals surface area contributed by atoms with Gasteiger partial charge in [-0.05, 0) is 24.6 Å². The highest BCUT2D eigenvalue weighted by Crippen LogP contribution is 2.41. The molecule has 0 fully saturated rings. The van der Waals surface area contributed by atoms with Crippen molar-refractivity contribution in [2.24, 2.45) is 5.10 Å². The quantitative estimate of drug-likeness (QED) is 0.880. The minimum Gasteiger partial charge on any atom is -0.508 e. The molecular weight excluding hydrogens is 289 g/mol. The summed E-state index contributed by atoms with van der Waals surface area (Å²) in [5, 5.41) is 22.8. The van der Waals surface area contributed by atoms with Crippen molar-refractivity contribution in [3.8, 4) is 5.75 Å². The van der Waals surface area contributed by atoms with Gasteiger partial charge in [0.2, 0.25) is 0 Å². The maximum atomic E-state index is 13.1. The van der Waals surface area contributed by atoms with Gasteiger partial charge in [-0.3, -0.25) is 4.79 Å². The van der Waals surface area contributed by atoms with Gasteiger partial charge in [0.15, 0.2) is 0 Å². The molecular formula is C13H13F3N2O3. The van der Waals surface area contributed by atoms with Crippen LogP contribution in [0.25, 0.3) is 0 Å². The minimum atomic E-state index is -5.04. The van der Waals surface area contributed by atoms with Gasteiger partial charge in [-0.15, -0.1) is 0 Å². The fraction of sp³-hybridized carbons (Fsp3) is 0.385. The molecule has 1 aliphatic rings. The van der Waals surface area contributed by atoms with Crippen molar-refractivity contribution in [2.45, 2.75) is 31.7 Å². The summed E-state index contributed by atoms with van der Waals surface area (Å²) in [5.41, 5.74) is -3.48. The van der Waals surface area contributed by atoms with Gasteiger partial charge in [-0.2, -0.15) is 23.3 Å². The summed E-state index contributed by atoms with van der Waals surface area (Å²) < 4.78 is 39.3. The molecule has 0 aromatic heterocycles. The molecule has 2 N–H and O–H groups in total. The van der Waals surface area contributed by atoms with Crippen molar-refractivity contribution in [1.82, 2.24) is 5.01 Å². The number of benzene rings is 1. The van der Waals surface area contributed by atoms with E-state index in [1.807, 2.05) is 0 Å². The maximum Gasteiger partial charge on any atom is 0.438 e. The number of carbonyl (C=O) groups excluding carboxylic acids is 1. The van der Waals surface area contributed by atoms with Crippen LogP contribution in [0.5, 0.6) is 5.75 Å². The molecule has 1 aliphatic heterocycles. The van der Waals surface area contributed by atoms with Gasteiger partial charge in [0, 0.05) is 17.7 Å². The second-order valence-corrected chi connectivity index (χ2v) is 4.68. The Morgan fingerprint density at radius 2 is 2.14 bits per heavy atom. The number of hydrogen-bond donors (Lipinski definition) is 2. The number of carbonyl (C=O) groups is 1. The highest BCUT2D eigenvalue weighted by Gasteiger charge is 2.63. The number of aromatic hydroxyl groups is 1. The lowest BCUT2D eigenvalue weighted by atomic mass is 10.0. The molecule has 0 aliphatic carbocycles. The topological polar surface area (TPSA) is 73.1 Å². The van der Waals surface area contributed by atoms with Gasteiger partial charge in [-0.25, -0.2) is 0 Å². The average molecular weight is 302 g/mol. The third-order valence-electron chi connectivity index (χ3n) is 3.19. The van der Waals surface area contributed by atoms with Crippen LogP contribution in [0.4, 0.5) is 13.2 Å². The van der Waals surface area contributed by atoms with E-state index in [0.29, 0.717) is 0 Å². The Bertz CT molecular complexity index is 601. The normalized spacial score (nSPS) is 22.3. The predicted molar refractivity (Wildman–Crippen MR) is 67.6 cm³/mol. The zero-order chi connectivity index (χ0) is 15.8. The molecule has 1 aromatic rings. The van der Waals surface area contributed by atoms with Crippen LogP contribution < -0.4 is 0 Å². The number of alkyl halides is 3. The lowest BCUT2D eigenvalue weighted by Gasteiger charge is -2.32. The third-order valence-corrected chi connectivity index (χ3v) is 3.19. The van der Waals surface area contributed by atoms with E-state index in [1.165, 1.54) is 18.2 Å². The van der Waals surface area contributed by atoms with Gasteiger partial charge in [0.25, 0.3) is 11.6 Å². The van der Waals surface area contributed by atoms with Crippen molar-refractivity contribution >= 4 is 11.6 Å². The summed E-state index contributed by atoms with van der Waals surface area (Å²) in [6.07, 6.45) is -5.64. The Labute approximate surface area is 118 Å². The summed E-state index contributed by atoms with van der Waals surface area (Å²) in [4.78, 5) is 12.2. The van der Waals surface area contributed by atoms with E-state index in [4.69, 9.17) is 0 Å². The van der Waals surface area contributed by atoms with E-state index in [-0.39, 0.29) is 28.5 Å². The van der Waals surface area contributed by atoms with Crippen molar-refractivity contribution in [3.05, 3.63) is 29.8 Å². The zero-order valence-corrected chi connectivity index (χ0v) is 11.1. The number of nitrogens with zero attached hydrogens (tertiary/aromatic N) is 2. The van der Waals surface area contributed by atoms with Crippen molar-refractivity contribution in [3.63, 3.8) is 0 Å². The van der Waals surface area contributed by atoms with Gasteiger partial charge in [-0.1, -0.05) is 13.0 Å². The van der Waals surface area contributed by atoms with Crippen LogP contribution in [-0.2, 0) is 0 Å². The van der Waals surface area contributed by atoms with E-state index in [2.05, 4.69) is 5.10 Å². The zero-order valence-electron chi connectivity index (χ0n) is 11.1. The molecule has 0 saturated carbocycles. The number of halogens is 3. The second-order valence-electron chi connectivity index (χ2n) is 4.68. The Balaban J connectivity index is 2.43. The van der Waals surface area contributed by atoms with E-state index >= 15 is 0 Å². The smallest absolute Gasteiger partial charge is 0.438 e. The SMILES string of the molecule is CCC1=NN(C(=O)c2cccc(O)c2)[C@](O)(C(F)(F)F)C1. The Kier molecular flexibility index (Phi) is 3.66. The number of aliphatic hydroxyl groups is 1. The molecule has 1 amide bonds. The first-order chi connectivity index (χ1) is 9.69. The molecule has 2 rings (SSSR count). The highest BCUT2D eigenvalue weighted by atomic mass is 19.4. The Morgan fingerprint density at radius 3 is 2.67 bits per heavy atom. The number of amides is 1. The third kappa shape index (κ3) is 2.58. The summed E-state index contributed by atoms with van der Waals surface area (Å²) in [5.74, 6) is -1.40. The second kappa shape index (κ2) is 5.03. The van der Waals surface area contributed by atoms with E-state index in [9.17, 15) is 28.2 Å². The molecule has 21 heavy (non-hydrogen) atoms. The first-order valence-electron chi connectivity index (χ1n) is 6.18. The molecule has 114 valence electrons. The summed E-state index contributed by atoms with van der Waals surface area (Å²) in [7, 11) is 0. The molecule has 0 spiro atoms. The number of phenolic OH excluding ortho intramolecular Hbond substituents is 1. The van der Waals surface area contributed by atoms with E-state index in [0.717, 1.165) is 6.07 Å². The van der Waals surface area contributed by atoms with Crippen LogP contribution in [0.15, 0.2) is 29.4 Å². The molecule has 0 radical (unpaired) electrons. The molecule has 1 heterocycles. The molecule has 1 atom stereocenters. The maximum absolute atomic E-state index is 13.1. The fourth-order valence-corrected chi connectivity index (χ4v) is 2.01. The van der Waals surface area contributed by atoms with Crippen molar-refractivity contribution in [2.75, 3.05) is 0 Å². The van der Waals surface area contributed by atoms with E-state index in [1.54, 1.807) is 6.92 Å². The van der Waals surface area contributed by atoms with Crippen molar-refractivity contribution in [1.29, 1.82) is 0 Å². The first kappa shape index (κ1) is 15.3. The standard InChI is InChI=1S/C13H13F3N2O3/c1-2-9-7-12(21,13(14,15)16)18(17-9)11(20)8-4-3-5-10(19)6-8/h3-6,19,21H,2,7H2,1H3/t12-/m1/s1. The Morgan fingerprint density at radius 1 is 1.48 bits per heavy atom. The van der Waals surface area contributed by atoms with E-state index < -0.39 is 24.2 Å². The fourth-order valence-electron chi connectivity index (χ4n) is 2.01. The lowest BCUT2D eigenvalue weighted by molar-refractivity contribution is -0.297. The number of hydrogen-bond acceptors (Lipinski definition) is 4. The number of hydrazone groups is 1. The average Bonchev–Trinajstić information content (AvgIpc) is 2.76. The Hall–Kier alpha value is -2.09. The monoisotopic (exact) mass is 302 g/mol. The largest absolute Gasteiger partial charge is 0.508 e. The number of rotatable bonds is 2. The lowest BCUT2D eigenvalue weighted by Crippen LogP contribution is -2.56. The van der Waals surface area contributed by atoms with Crippen LogP contribution in [-0.4, -0.2) is 38.7 Å². The van der Waals surface area contributed by atoms with Crippen LogP contribution in [0, 0.1) is 0 Å². The van der Waals surface area contributed by atoms with Crippen LogP contribution in [0.3, 0.4) is 0 Å². The van der Waals surface area contributed by atoms with Gasteiger partial charge < -0.3 is 10.2 Å². The highest BCUT2D eigenvalue weighted by molar-refractivity contribution is 5.98. The summed E-state index contributed by atoms with van der Waals surface area (Å²) in [6, 6.07) is 4.84. The minimum absolute atomic E-state index is 0.0423. The molecule has 0 unspecified atom stereocenters. The first-order valence-corrected chi connectivity index (χ1v) is 6.18. The van der Waals surface area contributed by atoms with Gasteiger partial charge >= 0.3 is 6.18 Å². The molecule has 0 bridgehead atoms. The molecule has 1 aromatic carbocycles.